The Hall–Kier alpha value is -2.01. The van der Waals surface area contributed by atoms with Crippen molar-refractivity contribution in [3.63, 3.8) is 0 Å². The van der Waals surface area contributed by atoms with Crippen LogP contribution >= 0.6 is 0 Å². The minimum atomic E-state index is -3.16. The number of anilines is 2. The zero-order valence-electron chi connectivity index (χ0n) is 12.3. The summed E-state index contributed by atoms with van der Waals surface area (Å²) in [4.78, 5) is 2.49. The molecule has 2 aromatic rings. The lowest BCUT2D eigenvalue weighted by Gasteiger charge is -2.24. The van der Waals surface area contributed by atoms with Crippen molar-refractivity contribution in [3.8, 4) is 0 Å². The van der Waals surface area contributed by atoms with Crippen LogP contribution < -0.4 is 10.6 Å². The van der Waals surface area contributed by atoms with E-state index in [0.717, 1.165) is 23.5 Å². The normalized spacial score (nSPS) is 11.3. The first-order valence-corrected chi connectivity index (χ1v) is 8.69. The van der Waals surface area contributed by atoms with Gasteiger partial charge in [-0.05, 0) is 42.8 Å². The molecule has 2 N–H and O–H groups in total. The Kier molecular flexibility index (Phi) is 4.53. The number of para-hydroxylation sites is 1. The Morgan fingerprint density at radius 1 is 1.05 bits per heavy atom. The molecule has 0 unspecified atom stereocenters. The Morgan fingerprint density at radius 3 is 2.19 bits per heavy atom. The molecule has 2 aromatic carbocycles. The second kappa shape index (κ2) is 6.18. The topological polar surface area (TPSA) is 63.4 Å². The number of rotatable bonds is 5. The molecule has 0 heterocycles. The molecular weight excluding hydrogens is 284 g/mol. The quantitative estimate of drug-likeness (QED) is 0.863. The number of sulfone groups is 1. The molecular formula is C16H20N2O2S. The van der Waals surface area contributed by atoms with Crippen molar-refractivity contribution in [2.24, 2.45) is 0 Å². The maximum absolute atomic E-state index is 11.5. The predicted molar refractivity (Wildman–Crippen MR) is 87.1 cm³/mol. The van der Waals surface area contributed by atoms with Gasteiger partial charge in [0.2, 0.25) is 0 Å². The smallest absolute Gasteiger partial charge is 0.175 e. The van der Waals surface area contributed by atoms with Crippen LogP contribution in [0.15, 0.2) is 53.4 Å². The summed E-state index contributed by atoms with van der Waals surface area (Å²) in [6.45, 7) is 3.57. The molecule has 0 amide bonds. The van der Waals surface area contributed by atoms with Gasteiger partial charge < -0.3 is 10.6 Å². The van der Waals surface area contributed by atoms with Crippen LogP contribution in [0.5, 0.6) is 0 Å². The number of hydrogen-bond donors (Lipinski definition) is 1. The van der Waals surface area contributed by atoms with Gasteiger partial charge in [-0.2, -0.15) is 0 Å². The fourth-order valence-corrected chi connectivity index (χ4v) is 2.80. The Morgan fingerprint density at radius 2 is 1.67 bits per heavy atom. The van der Waals surface area contributed by atoms with E-state index in [2.05, 4.69) is 11.8 Å². The van der Waals surface area contributed by atoms with Gasteiger partial charge in [0.15, 0.2) is 9.84 Å². The average molecular weight is 304 g/mol. The van der Waals surface area contributed by atoms with E-state index in [1.165, 1.54) is 6.26 Å². The predicted octanol–water partition coefficient (Wildman–Crippen LogP) is 2.70. The van der Waals surface area contributed by atoms with Gasteiger partial charge in [0.05, 0.1) is 4.90 Å². The van der Waals surface area contributed by atoms with Crippen molar-refractivity contribution in [1.82, 2.24) is 0 Å². The van der Waals surface area contributed by atoms with E-state index in [9.17, 15) is 8.42 Å². The van der Waals surface area contributed by atoms with Gasteiger partial charge in [-0.1, -0.05) is 18.2 Å². The van der Waals surface area contributed by atoms with Crippen LogP contribution in [0.3, 0.4) is 0 Å². The third kappa shape index (κ3) is 3.76. The summed E-state index contributed by atoms with van der Waals surface area (Å²) < 4.78 is 23.0. The van der Waals surface area contributed by atoms with E-state index in [-0.39, 0.29) is 0 Å². The highest BCUT2D eigenvalue weighted by molar-refractivity contribution is 7.90. The number of hydrogen-bond acceptors (Lipinski definition) is 4. The molecule has 5 heteroatoms. The maximum atomic E-state index is 11.5. The highest BCUT2D eigenvalue weighted by Crippen LogP contribution is 2.21. The molecule has 112 valence electrons. The Labute approximate surface area is 126 Å². The molecule has 0 aliphatic rings. The fraction of sp³-hybridized carbons (Fsp3) is 0.250. The van der Waals surface area contributed by atoms with Gasteiger partial charge in [0.25, 0.3) is 0 Å². The molecule has 0 bridgehead atoms. The van der Waals surface area contributed by atoms with E-state index in [4.69, 9.17) is 5.73 Å². The van der Waals surface area contributed by atoms with Crippen molar-refractivity contribution in [2.45, 2.75) is 18.4 Å². The monoisotopic (exact) mass is 304 g/mol. The zero-order valence-corrected chi connectivity index (χ0v) is 13.1. The van der Waals surface area contributed by atoms with Gasteiger partial charge in [-0.15, -0.1) is 0 Å². The minimum Gasteiger partial charge on any atom is -0.398 e. The van der Waals surface area contributed by atoms with Crippen LogP contribution in [0.1, 0.15) is 12.5 Å². The maximum Gasteiger partial charge on any atom is 0.175 e. The van der Waals surface area contributed by atoms with E-state index >= 15 is 0 Å². The van der Waals surface area contributed by atoms with Gasteiger partial charge >= 0.3 is 0 Å². The van der Waals surface area contributed by atoms with Crippen LogP contribution in [0.25, 0.3) is 0 Å². The van der Waals surface area contributed by atoms with Crippen molar-refractivity contribution >= 4 is 21.2 Å². The third-order valence-electron chi connectivity index (χ3n) is 3.43. The molecule has 0 aliphatic carbocycles. The summed E-state index contributed by atoms with van der Waals surface area (Å²) in [6, 6.07) is 14.7. The van der Waals surface area contributed by atoms with Crippen LogP contribution in [0.2, 0.25) is 0 Å². The lowest BCUT2D eigenvalue weighted by Crippen LogP contribution is -2.22. The summed E-state index contributed by atoms with van der Waals surface area (Å²) in [5, 5.41) is 0. The van der Waals surface area contributed by atoms with Gasteiger partial charge in [-0.3, -0.25) is 0 Å². The molecule has 0 spiro atoms. The van der Waals surface area contributed by atoms with Crippen LogP contribution in [-0.2, 0) is 16.4 Å². The molecule has 0 aliphatic heterocycles. The summed E-state index contributed by atoms with van der Waals surface area (Å²) in [5.41, 5.74) is 8.79. The summed E-state index contributed by atoms with van der Waals surface area (Å²) in [5.74, 6) is 0. The van der Waals surface area contributed by atoms with Crippen molar-refractivity contribution in [3.05, 3.63) is 54.1 Å². The van der Waals surface area contributed by atoms with Gasteiger partial charge in [0, 0.05) is 30.7 Å². The number of nitrogens with two attached hydrogens (primary N) is 1. The van der Waals surface area contributed by atoms with Crippen molar-refractivity contribution in [1.29, 1.82) is 0 Å². The van der Waals surface area contributed by atoms with E-state index in [1.54, 1.807) is 12.1 Å². The van der Waals surface area contributed by atoms with Gasteiger partial charge in [-0.25, -0.2) is 8.42 Å². The fourth-order valence-electron chi connectivity index (χ4n) is 2.17. The number of benzene rings is 2. The number of nitrogen functional groups attached to an aromatic ring is 1. The molecule has 0 radical (unpaired) electrons. The second-order valence-electron chi connectivity index (χ2n) is 4.98. The van der Waals surface area contributed by atoms with E-state index in [1.807, 2.05) is 36.4 Å². The van der Waals surface area contributed by atoms with Crippen molar-refractivity contribution < 1.29 is 8.42 Å². The molecule has 0 saturated carbocycles. The standard InChI is InChI=1S/C16H20N2O2S/c1-3-18(12-13-6-4-5-7-16(13)17)14-8-10-15(11-9-14)21(2,19)20/h4-11H,3,12,17H2,1-2H3. The zero-order chi connectivity index (χ0) is 15.5. The van der Waals surface area contributed by atoms with E-state index < -0.39 is 9.84 Å². The van der Waals surface area contributed by atoms with Gasteiger partial charge in [0.1, 0.15) is 0 Å². The minimum absolute atomic E-state index is 0.335. The molecule has 0 aromatic heterocycles. The highest BCUT2D eigenvalue weighted by Gasteiger charge is 2.10. The lowest BCUT2D eigenvalue weighted by molar-refractivity contribution is 0.602. The van der Waals surface area contributed by atoms with Crippen molar-refractivity contribution in [2.75, 3.05) is 23.4 Å². The molecule has 0 fully saturated rings. The SMILES string of the molecule is CCN(Cc1ccccc1N)c1ccc(S(C)(=O)=O)cc1. The molecule has 4 nitrogen and oxygen atoms in total. The summed E-state index contributed by atoms with van der Waals surface area (Å²) in [6.07, 6.45) is 1.21. The second-order valence-corrected chi connectivity index (χ2v) is 6.99. The highest BCUT2D eigenvalue weighted by atomic mass is 32.2. The van der Waals surface area contributed by atoms with E-state index in [0.29, 0.717) is 11.4 Å². The largest absolute Gasteiger partial charge is 0.398 e. The number of nitrogens with zero attached hydrogens (tertiary/aromatic N) is 1. The summed E-state index contributed by atoms with van der Waals surface area (Å²) in [7, 11) is -3.16. The van der Waals surface area contributed by atoms with Crippen LogP contribution in [-0.4, -0.2) is 21.2 Å². The first kappa shape index (κ1) is 15.4. The van der Waals surface area contributed by atoms with Crippen LogP contribution in [0.4, 0.5) is 11.4 Å². The molecule has 0 saturated heterocycles. The average Bonchev–Trinajstić information content (AvgIpc) is 2.46. The molecule has 21 heavy (non-hydrogen) atoms. The van der Waals surface area contributed by atoms with Crippen LogP contribution in [0, 0.1) is 0 Å². The first-order chi connectivity index (χ1) is 9.91. The molecule has 0 atom stereocenters. The molecule has 2 rings (SSSR count). The summed E-state index contributed by atoms with van der Waals surface area (Å²) >= 11 is 0. The lowest BCUT2D eigenvalue weighted by atomic mass is 10.1. The Balaban J connectivity index is 2.24. The Bertz CT molecular complexity index is 709. The third-order valence-corrected chi connectivity index (χ3v) is 4.56. The first-order valence-electron chi connectivity index (χ1n) is 6.80.